The minimum Gasteiger partial charge on any atom is -0.479 e. The van der Waals surface area contributed by atoms with Crippen LogP contribution in [-0.4, -0.2) is 29.2 Å². The highest BCUT2D eigenvalue weighted by Gasteiger charge is 2.36. The number of hydrogen-bond acceptors (Lipinski definition) is 3. The Kier molecular flexibility index (Phi) is 4.16. The number of amides is 1. The van der Waals surface area contributed by atoms with E-state index in [2.05, 4.69) is 24.4 Å². The Labute approximate surface area is 129 Å². The molecule has 1 heterocycles. The molecular formula is C17H21NO4. The lowest BCUT2D eigenvalue weighted by Gasteiger charge is -2.31. The molecule has 0 spiro atoms. The van der Waals surface area contributed by atoms with E-state index in [0.717, 1.165) is 12.8 Å². The van der Waals surface area contributed by atoms with Crippen molar-refractivity contribution >= 4 is 11.9 Å². The molecule has 5 heteroatoms. The predicted octanol–water partition coefficient (Wildman–Crippen LogP) is 2.37. The van der Waals surface area contributed by atoms with Gasteiger partial charge < -0.3 is 15.2 Å². The zero-order valence-corrected chi connectivity index (χ0v) is 12.6. The molecule has 4 atom stereocenters. The highest BCUT2D eigenvalue weighted by atomic mass is 16.5. The molecular weight excluding hydrogens is 282 g/mol. The molecule has 0 saturated carbocycles. The fourth-order valence-electron chi connectivity index (χ4n) is 3.43. The van der Waals surface area contributed by atoms with Gasteiger partial charge in [-0.3, -0.25) is 4.79 Å². The van der Waals surface area contributed by atoms with E-state index in [1.807, 2.05) is 12.1 Å². The number of carboxylic acid groups (broad SMARTS) is 1. The number of rotatable bonds is 3. The summed E-state index contributed by atoms with van der Waals surface area (Å²) in [6, 6.07) is 8.18. The first-order valence-corrected chi connectivity index (χ1v) is 7.83. The van der Waals surface area contributed by atoms with Crippen LogP contribution >= 0.6 is 0 Å². The van der Waals surface area contributed by atoms with Crippen LogP contribution < -0.4 is 5.32 Å². The van der Waals surface area contributed by atoms with Crippen molar-refractivity contribution < 1.29 is 19.4 Å². The van der Waals surface area contributed by atoms with Gasteiger partial charge in [0, 0.05) is 0 Å². The Hall–Kier alpha value is -1.88. The maximum atomic E-state index is 12.3. The van der Waals surface area contributed by atoms with Crippen LogP contribution in [0.2, 0.25) is 0 Å². The highest BCUT2D eigenvalue weighted by Crippen LogP contribution is 2.37. The van der Waals surface area contributed by atoms with Crippen LogP contribution in [0.1, 0.15) is 55.7 Å². The van der Waals surface area contributed by atoms with Crippen molar-refractivity contribution in [2.75, 3.05) is 0 Å². The third kappa shape index (κ3) is 2.86. The maximum absolute atomic E-state index is 12.3. The van der Waals surface area contributed by atoms with Gasteiger partial charge in [0.15, 0.2) is 6.10 Å². The van der Waals surface area contributed by atoms with Gasteiger partial charge >= 0.3 is 5.97 Å². The fourth-order valence-corrected chi connectivity index (χ4v) is 3.43. The van der Waals surface area contributed by atoms with Crippen LogP contribution in [0, 0.1) is 0 Å². The predicted molar refractivity (Wildman–Crippen MR) is 80.5 cm³/mol. The van der Waals surface area contributed by atoms with E-state index in [9.17, 15) is 9.59 Å². The molecule has 1 aromatic rings. The van der Waals surface area contributed by atoms with E-state index in [-0.39, 0.29) is 11.9 Å². The van der Waals surface area contributed by atoms with Gasteiger partial charge in [-0.05, 0) is 42.7 Å². The van der Waals surface area contributed by atoms with Crippen molar-refractivity contribution in [3.05, 3.63) is 35.4 Å². The van der Waals surface area contributed by atoms with E-state index in [1.165, 1.54) is 11.1 Å². The van der Waals surface area contributed by atoms with Gasteiger partial charge in [0.25, 0.3) is 0 Å². The monoisotopic (exact) mass is 303 g/mol. The Morgan fingerprint density at radius 3 is 2.45 bits per heavy atom. The summed E-state index contributed by atoms with van der Waals surface area (Å²) < 4.78 is 5.32. The summed E-state index contributed by atoms with van der Waals surface area (Å²) in [7, 11) is 0. The molecule has 1 amide bonds. The van der Waals surface area contributed by atoms with Crippen molar-refractivity contribution in [1.29, 1.82) is 0 Å². The average molecular weight is 303 g/mol. The van der Waals surface area contributed by atoms with Gasteiger partial charge in [-0.2, -0.15) is 0 Å². The van der Waals surface area contributed by atoms with Gasteiger partial charge in [0.1, 0.15) is 6.10 Å². The van der Waals surface area contributed by atoms with E-state index in [0.29, 0.717) is 18.8 Å². The van der Waals surface area contributed by atoms with Gasteiger partial charge in [-0.1, -0.05) is 31.2 Å². The minimum absolute atomic E-state index is 0.00706. The molecule has 0 radical (unpaired) electrons. The molecule has 118 valence electrons. The van der Waals surface area contributed by atoms with Crippen molar-refractivity contribution in [1.82, 2.24) is 5.32 Å². The summed E-state index contributed by atoms with van der Waals surface area (Å²) in [5.74, 6) is -0.686. The van der Waals surface area contributed by atoms with E-state index in [4.69, 9.17) is 9.84 Å². The Bertz CT molecular complexity index is 586. The Morgan fingerprint density at radius 2 is 1.77 bits per heavy atom. The topological polar surface area (TPSA) is 75.6 Å². The second-order valence-electron chi connectivity index (χ2n) is 6.20. The lowest BCUT2D eigenvalue weighted by atomic mass is 9.81. The molecule has 1 aliphatic carbocycles. The molecule has 2 aliphatic rings. The number of aliphatic carboxylic acids is 1. The summed E-state index contributed by atoms with van der Waals surface area (Å²) in [4.78, 5) is 23.2. The van der Waals surface area contributed by atoms with Crippen molar-refractivity contribution in [2.45, 2.75) is 56.8 Å². The van der Waals surface area contributed by atoms with Crippen LogP contribution in [0.3, 0.4) is 0 Å². The summed E-state index contributed by atoms with van der Waals surface area (Å²) in [5, 5.41) is 12.0. The second-order valence-corrected chi connectivity index (χ2v) is 6.20. The zero-order chi connectivity index (χ0) is 15.7. The van der Waals surface area contributed by atoms with E-state index in [1.54, 1.807) is 0 Å². The molecule has 0 bridgehead atoms. The number of fused-ring (bicyclic) bond motifs is 1. The summed E-state index contributed by atoms with van der Waals surface area (Å²) in [6.45, 7) is 2.20. The number of carboxylic acids is 1. The normalized spacial score (nSPS) is 30.6. The molecule has 0 aromatic heterocycles. The van der Waals surface area contributed by atoms with Crippen LogP contribution in [-0.2, 0) is 14.3 Å². The summed E-state index contributed by atoms with van der Waals surface area (Å²) >= 11 is 0. The van der Waals surface area contributed by atoms with Crippen molar-refractivity contribution in [3.8, 4) is 0 Å². The molecule has 1 fully saturated rings. The molecule has 2 N–H and O–H groups in total. The first kappa shape index (κ1) is 15.0. The molecule has 5 nitrogen and oxygen atoms in total. The number of ether oxygens (including phenoxy) is 1. The van der Waals surface area contributed by atoms with Crippen LogP contribution in [0.25, 0.3) is 0 Å². The maximum Gasteiger partial charge on any atom is 0.332 e. The SMILES string of the molecule is CC1CCC(NC(=O)[C@@H]2CC[C@H](C(=O)O)O2)c2ccccc21. The molecule has 1 aromatic carbocycles. The van der Waals surface area contributed by atoms with Gasteiger partial charge in [0.2, 0.25) is 5.91 Å². The zero-order valence-electron chi connectivity index (χ0n) is 12.6. The van der Waals surface area contributed by atoms with Crippen molar-refractivity contribution in [3.63, 3.8) is 0 Å². The quantitative estimate of drug-likeness (QED) is 0.899. The molecule has 2 unspecified atom stereocenters. The van der Waals surface area contributed by atoms with Gasteiger partial charge in [-0.25, -0.2) is 4.79 Å². The third-order valence-corrected chi connectivity index (χ3v) is 4.69. The molecule has 22 heavy (non-hydrogen) atoms. The summed E-state index contributed by atoms with van der Waals surface area (Å²) in [5.41, 5.74) is 2.46. The summed E-state index contributed by atoms with van der Waals surface area (Å²) in [6.07, 6.45) is 1.30. The second kappa shape index (κ2) is 6.08. The average Bonchev–Trinajstić information content (AvgIpc) is 3.01. The van der Waals surface area contributed by atoms with Crippen molar-refractivity contribution in [2.24, 2.45) is 0 Å². The number of carbonyl (C=O) groups is 2. The molecule has 1 aliphatic heterocycles. The number of nitrogens with one attached hydrogen (secondary N) is 1. The Morgan fingerprint density at radius 1 is 1.09 bits per heavy atom. The van der Waals surface area contributed by atoms with Crippen LogP contribution in [0.15, 0.2) is 24.3 Å². The minimum atomic E-state index is -0.993. The lowest BCUT2D eigenvalue weighted by Crippen LogP contribution is -2.39. The first-order chi connectivity index (χ1) is 10.6. The first-order valence-electron chi connectivity index (χ1n) is 7.83. The number of benzene rings is 1. The van der Waals surface area contributed by atoms with Gasteiger partial charge in [-0.15, -0.1) is 0 Å². The smallest absolute Gasteiger partial charge is 0.332 e. The molecule has 3 rings (SSSR count). The number of hydrogen-bond donors (Lipinski definition) is 2. The van der Waals surface area contributed by atoms with E-state index < -0.39 is 18.2 Å². The van der Waals surface area contributed by atoms with Gasteiger partial charge in [0.05, 0.1) is 6.04 Å². The van der Waals surface area contributed by atoms with E-state index >= 15 is 0 Å². The largest absolute Gasteiger partial charge is 0.479 e. The number of carbonyl (C=O) groups excluding carboxylic acids is 1. The highest BCUT2D eigenvalue weighted by molar-refractivity contribution is 5.83. The third-order valence-electron chi connectivity index (χ3n) is 4.69. The fraction of sp³-hybridized carbons (Fsp3) is 0.529. The molecule has 1 saturated heterocycles. The van der Waals surface area contributed by atoms with Crippen LogP contribution in [0.5, 0.6) is 0 Å². The Balaban J connectivity index is 1.68. The standard InChI is InChI=1S/C17H21NO4/c1-10-6-7-13(12-5-3-2-4-11(10)12)18-16(19)14-8-9-15(22-14)17(20)21/h2-5,10,13-15H,6-9H2,1H3,(H,18,19)(H,20,21)/t10?,13?,14-,15+/m0/s1. The van der Waals surface area contributed by atoms with Crippen LogP contribution in [0.4, 0.5) is 0 Å². The lowest BCUT2D eigenvalue weighted by molar-refractivity contribution is -0.151.